The van der Waals surface area contributed by atoms with E-state index in [-0.39, 0.29) is 36.2 Å². The monoisotopic (exact) mass is 332 g/mol. The van der Waals surface area contributed by atoms with E-state index in [1.165, 1.54) is 4.90 Å². The van der Waals surface area contributed by atoms with Crippen LogP contribution in [0.1, 0.15) is 29.8 Å². The van der Waals surface area contributed by atoms with Crippen molar-refractivity contribution in [1.82, 2.24) is 15.5 Å². The van der Waals surface area contributed by atoms with Crippen molar-refractivity contribution in [1.29, 1.82) is 0 Å². The summed E-state index contributed by atoms with van der Waals surface area (Å²) in [5.74, 6) is -0.649. The van der Waals surface area contributed by atoms with Crippen LogP contribution < -0.4 is 16.4 Å². The van der Waals surface area contributed by atoms with Gasteiger partial charge in [0, 0.05) is 37.2 Å². The van der Waals surface area contributed by atoms with E-state index in [0.29, 0.717) is 25.2 Å². The molecule has 0 aromatic heterocycles. The highest BCUT2D eigenvalue weighted by Crippen LogP contribution is 2.09. The van der Waals surface area contributed by atoms with Gasteiger partial charge in [0.25, 0.3) is 5.91 Å². The third-order valence-electron chi connectivity index (χ3n) is 4.20. The molecule has 0 radical (unpaired) electrons. The SMILES string of the molecule is CC(N)C(C)C(=O)NCc1ccc(C(=O)N2CCNC(=O)C2)cc1. The van der Waals surface area contributed by atoms with Crippen LogP contribution >= 0.6 is 0 Å². The Morgan fingerprint density at radius 2 is 1.96 bits per heavy atom. The minimum absolute atomic E-state index is 0.0891. The smallest absolute Gasteiger partial charge is 0.254 e. The molecule has 7 heteroatoms. The van der Waals surface area contributed by atoms with Crippen LogP contribution in [0.4, 0.5) is 0 Å². The number of nitrogens with two attached hydrogens (primary N) is 1. The summed E-state index contributed by atoms with van der Waals surface area (Å²) in [6.45, 7) is 5.05. The molecule has 3 amide bonds. The molecule has 4 N–H and O–H groups in total. The van der Waals surface area contributed by atoms with E-state index >= 15 is 0 Å². The first-order valence-electron chi connectivity index (χ1n) is 8.06. The Labute approximate surface area is 141 Å². The van der Waals surface area contributed by atoms with Crippen molar-refractivity contribution in [3.63, 3.8) is 0 Å². The molecule has 2 atom stereocenters. The van der Waals surface area contributed by atoms with Crippen molar-refractivity contribution < 1.29 is 14.4 Å². The first-order chi connectivity index (χ1) is 11.4. The molecule has 24 heavy (non-hydrogen) atoms. The maximum Gasteiger partial charge on any atom is 0.254 e. The Hall–Kier alpha value is -2.41. The lowest BCUT2D eigenvalue weighted by atomic mass is 10.0. The second-order valence-electron chi connectivity index (χ2n) is 6.14. The van der Waals surface area contributed by atoms with Crippen LogP contribution in [-0.4, -0.2) is 48.3 Å². The number of amides is 3. The van der Waals surface area contributed by atoms with Gasteiger partial charge in [-0.2, -0.15) is 0 Å². The molecule has 1 aromatic carbocycles. The Morgan fingerprint density at radius 1 is 1.29 bits per heavy atom. The van der Waals surface area contributed by atoms with Gasteiger partial charge in [-0.15, -0.1) is 0 Å². The van der Waals surface area contributed by atoms with E-state index in [4.69, 9.17) is 5.73 Å². The number of nitrogens with zero attached hydrogens (tertiary/aromatic N) is 1. The van der Waals surface area contributed by atoms with Crippen LogP contribution in [0, 0.1) is 5.92 Å². The third kappa shape index (κ3) is 4.55. The molecule has 1 aliphatic heterocycles. The fraction of sp³-hybridized carbons (Fsp3) is 0.471. The van der Waals surface area contributed by atoms with Gasteiger partial charge in [0.2, 0.25) is 11.8 Å². The van der Waals surface area contributed by atoms with Gasteiger partial charge in [0.1, 0.15) is 0 Å². The molecule has 0 spiro atoms. The van der Waals surface area contributed by atoms with E-state index in [1.54, 1.807) is 38.1 Å². The number of carbonyl (C=O) groups excluding carboxylic acids is 3. The average Bonchev–Trinajstić information content (AvgIpc) is 2.58. The van der Waals surface area contributed by atoms with Gasteiger partial charge in [0.05, 0.1) is 6.54 Å². The summed E-state index contributed by atoms with van der Waals surface area (Å²) in [6, 6.07) is 6.82. The summed E-state index contributed by atoms with van der Waals surface area (Å²) in [4.78, 5) is 37.1. The first-order valence-corrected chi connectivity index (χ1v) is 8.06. The standard InChI is InChI=1S/C17H24N4O3/c1-11(12(2)18)16(23)20-9-13-3-5-14(6-4-13)17(24)21-8-7-19-15(22)10-21/h3-6,11-12H,7-10,18H2,1-2H3,(H,19,22)(H,20,23). The minimum Gasteiger partial charge on any atom is -0.353 e. The molecular weight excluding hydrogens is 308 g/mol. The van der Waals surface area contributed by atoms with Crippen LogP contribution in [0.2, 0.25) is 0 Å². The number of carbonyl (C=O) groups is 3. The van der Waals surface area contributed by atoms with Crippen molar-refractivity contribution in [2.45, 2.75) is 26.4 Å². The lowest BCUT2D eigenvalue weighted by Gasteiger charge is -2.26. The first kappa shape index (κ1) is 17.9. The van der Waals surface area contributed by atoms with Crippen molar-refractivity contribution in [3.05, 3.63) is 35.4 Å². The Balaban J connectivity index is 1.92. The maximum atomic E-state index is 12.3. The van der Waals surface area contributed by atoms with Crippen molar-refractivity contribution in [3.8, 4) is 0 Å². The van der Waals surface area contributed by atoms with E-state index < -0.39 is 0 Å². The summed E-state index contributed by atoms with van der Waals surface area (Å²) in [5.41, 5.74) is 7.14. The number of hydrogen-bond donors (Lipinski definition) is 3. The summed E-state index contributed by atoms with van der Waals surface area (Å²) in [6.07, 6.45) is 0. The zero-order valence-corrected chi connectivity index (χ0v) is 14.0. The number of piperazine rings is 1. The lowest BCUT2D eigenvalue weighted by molar-refractivity contribution is -0.125. The van der Waals surface area contributed by atoms with Crippen LogP contribution in [0.3, 0.4) is 0 Å². The predicted octanol–water partition coefficient (Wildman–Crippen LogP) is -0.142. The normalized spacial score (nSPS) is 17.0. The average molecular weight is 332 g/mol. The molecule has 1 aliphatic rings. The van der Waals surface area contributed by atoms with Gasteiger partial charge in [-0.05, 0) is 24.6 Å². The zero-order chi connectivity index (χ0) is 17.7. The summed E-state index contributed by atoms with van der Waals surface area (Å²) >= 11 is 0. The predicted molar refractivity (Wildman–Crippen MR) is 90.0 cm³/mol. The van der Waals surface area contributed by atoms with E-state index in [9.17, 15) is 14.4 Å². The summed E-state index contributed by atoms with van der Waals surface area (Å²) < 4.78 is 0. The highest BCUT2D eigenvalue weighted by atomic mass is 16.2. The zero-order valence-electron chi connectivity index (χ0n) is 14.0. The topological polar surface area (TPSA) is 105 Å². The summed E-state index contributed by atoms with van der Waals surface area (Å²) in [7, 11) is 0. The Morgan fingerprint density at radius 3 is 2.54 bits per heavy atom. The van der Waals surface area contributed by atoms with Gasteiger partial charge in [0.15, 0.2) is 0 Å². The van der Waals surface area contributed by atoms with Crippen LogP contribution in [0.5, 0.6) is 0 Å². The molecule has 0 saturated carbocycles. The minimum atomic E-state index is -0.254. The molecule has 1 aromatic rings. The molecule has 0 aliphatic carbocycles. The molecule has 2 unspecified atom stereocenters. The molecular formula is C17H24N4O3. The fourth-order valence-electron chi connectivity index (χ4n) is 2.35. The van der Waals surface area contributed by atoms with Gasteiger partial charge in [-0.1, -0.05) is 19.1 Å². The van der Waals surface area contributed by atoms with Gasteiger partial charge in [-0.25, -0.2) is 0 Å². The fourth-order valence-corrected chi connectivity index (χ4v) is 2.35. The van der Waals surface area contributed by atoms with Crippen molar-refractivity contribution in [2.24, 2.45) is 11.7 Å². The third-order valence-corrected chi connectivity index (χ3v) is 4.20. The highest BCUT2D eigenvalue weighted by molar-refractivity contribution is 5.97. The molecule has 2 rings (SSSR count). The lowest BCUT2D eigenvalue weighted by Crippen LogP contribution is -2.49. The largest absolute Gasteiger partial charge is 0.353 e. The van der Waals surface area contributed by atoms with Gasteiger partial charge < -0.3 is 21.3 Å². The number of nitrogens with one attached hydrogen (secondary N) is 2. The van der Waals surface area contributed by atoms with Gasteiger partial charge >= 0.3 is 0 Å². The summed E-state index contributed by atoms with van der Waals surface area (Å²) in [5, 5.41) is 5.52. The maximum absolute atomic E-state index is 12.3. The molecule has 1 saturated heterocycles. The van der Waals surface area contributed by atoms with Crippen molar-refractivity contribution in [2.75, 3.05) is 19.6 Å². The number of rotatable bonds is 5. The van der Waals surface area contributed by atoms with Crippen LogP contribution in [-0.2, 0) is 16.1 Å². The number of hydrogen-bond acceptors (Lipinski definition) is 4. The molecule has 0 bridgehead atoms. The van der Waals surface area contributed by atoms with Gasteiger partial charge in [-0.3, -0.25) is 14.4 Å². The number of benzene rings is 1. The van der Waals surface area contributed by atoms with Crippen molar-refractivity contribution >= 4 is 17.7 Å². The highest BCUT2D eigenvalue weighted by Gasteiger charge is 2.22. The van der Waals surface area contributed by atoms with E-state index in [0.717, 1.165) is 5.56 Å². The van der Waals surface area contributed by atoms with Crippen LogP contribution in [0.15, 0.2) is 24.3 Å². The molecule has 7 nitrogen and oxygen atoms in total. The molecule has 1 fully saturated rings. The quantitative estimate of drug-likeness (QED) is 0.698. The second-order valence-corrected chi connectivity index (χ2v) is 6.14. The molecule has 1 heterocycles. The van der Waals surface area contributed by atoms with E-state index in [1.807, 2.05) is 0 Å². The molecule has 130 valence electrons. The second kappa shape index (κ2) is 7.92. The van der Waals surface area contributed by atoms with Crippen LogP contribution in [0.25, 0.3) is 0 Å². The van der Waals surface area contributed by atoms with E-state index in [2.05, 4.69) is 10.6 Å². The Bertz CT molecular complexity index is 613. The Kier molecular flexibility index (Phi) is 5.92.